The Morgan fingerprint density at radius 1 is 1.21 bits per heavy atom. The van der Waals surface area contributed by atoms with E-state index in [1.165, 1.54) is 39.0 Å². The molecular weight excluding hydrogens is 704 g/mol. The number of cyclic esters (lactones) is 1. The monoisotopic (exact) mass is 757 g/mol. The summed E-state index contributed by atoms with van der Waals surface area (Å²) in [6.07, 6.45) is 3.28. The van der Waals surface area contributed by atoms with Crippen molar-refractivity contribution in [3.8, 4) is 0 Å². The number of aliphatic hydroxyl groups excluding tert-OH is 1. The predicted molar refractivity (Wildman–Crippen MR) is 187 cm³/mol. The van der Waals surface area contributed by atoms with Gasteiger partial charge in [-0.05, 0) is 69.9 Å². The van der Waals surface area contributed by atoms with E-state index in [2.05, 4.69) is 4.72 Å². The molecule has 292 valence electrons. The molecule has 1 aromatic carbocycles. The largest absolute Gasteiger partial charge is 0.457 e. The van der Waals surface area contributed by atoms with Gasteiger partial charge in [-0.3, -0.25) is 9.59 Å². The van der Waals surface area contributed by atoms with E-state index >= 15 is 0 Å². The standard InChI is InChI=1S/C37H53F2NO11S/c1-9-29(48-8)23(4)33-34(51-33)35(40-52(46,47)26-13-14-27(38)28(39)20-26)37(7,45)17-10-11-21(2)32-22(3)12-15-30(49-24(5)41)36(6,44)18-16-25(42)19-31(43)50-32/h10-15,17,20,22-23,25,29-30,32-35,40,42,44-45H,9,16,18-19H2,1-8H3/b15-12+,17-10+,21-11+/t22-,23+,25+,29-,30-,32?,33?,34?,35?,36?,37?/m0/s1. The Bertz CT molecular complexity index is 1610. The van der Waals surface area contributed by atoms with Crippen LogP contribution in [-0.4, -0.2) is 96.7 Å². The summed E-state index contributed by atoms with van der Waals surface area (Å²) in [5, 5.41) is 33.3. The topological polar surface area (TPSA) is 181 Å². The van der Waals surface area contributed by atoms with E-state index in [9.17, 15) is 42.1 Å². The van der Waals surface area contributed by atoms with Crippen molar-refractivity contribution < 1.29 is 61.1 Å². The molecule has 3 rings (SSSR count). The SMILES string of the molecule is CC[C@H](OC)[C@@H](C)C1OC1C(NS(=O)(=O)c1ccc(F)c(F)c1)C(C)(O)/C=C/C=C(\C)C1OC(=O)C[C@H](O)CCC(C)(O)[C@@H](OC(C)=O)/C=C/[C@@H]1C. The van der Waals surface area contributed by atoms with Crippen LogP contribution < -0.4 is 4.72 Å². The highest BCUT2D eigenvalue weighted by atomic mass is 32.2. The van der Waals surface area contributed by atoms with Gasteiger partial charge in [0.15, 0.2) is 11.6 Å². The Morgan fingerprint density at radius 2 is 1.88 bits per heavy atom. The summed E-state index contributed by atoms with van der Waals surface area (Å²) in [5.74, 6) is -4.59. The van der Waals surface area contributed by atoms with Crippen LogP contribution in [0.2, 0.25) is 0 Å². The molecule has 2 aliphatic rings. The van der Waals surface area contributed by atoms with Gasteiger partial charge in [-0.2, -0.15) is 0 Å². The zero-order valence-electron chi connectivity index (χ0n) is 30.9. The van der Waals surface area contributed by atoms with Crippen LogP contribution in [-0.2, 0) is 38.6 Å². The Morgan fingerprint density at radius 3 is 2.48 bits per heavy atom. The van der Waals surface area contributed by atoms with Crippen molar-refractivity contribution in [3.63, 3.8) is 0 Å². The van der Waals surface area contributed by atoms with Crippen molar-refractivity contribution in [3.05, 3.63) is 65.8 Å². The van der Waals surface area contributed by atoms with Crippen molar-refractivity contribution in [1.82, 2.24) is 4.72 Å². The quantitative estimate of drug-likeness (QED) is 0.0988. The van der Waals surface area contributed by atoms with Gasteiger partial charge in [-0.1, -0.05) is 45.1 Å². The zero-order chi connectivity index (χ0) is 39.2. The molecule has 0 aliphatic carbocycles. The second kappa shape index (κ2) is 17.9. The lowest BCUT2D eigenvalue weighted by Crippen LogP contribution is -2.54. The molecule has 0 bridgehead atoms. The number of carbonyl (C=O) groups is 2. The van der Waals surface area contributed by atoms with Gasteiger partial charge in [0.05, 0.1) is 41.3 Å². The minimum atomic E-state index is -4.50. The molecule has 0 spiro atoms. The van der Waals surface area contributed by atoms with Crippen molar-refractivity contribution in [2.24, 2.45) is 11.8 Å². The fraction of sp³-hybridized carbons (Fsp3) is 0.622. The van der Waals surface area contributed by atoms with Crippen molar-refractivity contribution in [2.75, 3.05) is 7.11 Å². The molecule has 11 atom stereocenters. The first kappa shape index (κ1) is 43.4. The highest BCUT2D eigenvalue weighted by Gasteiger charge is 2.55. The summed E-state index contributed by atoms with van der Waals surface area (Å²) in [5.41, 5.74) is -2.95. The fourth-order valence-electron chi connectivity index (χ4n) is 6.41. The Balaban J connectivity index is 1.96. The average Bonchev–Trinajstić information content (AvgIpc) is 3.85. The number of hydrogen-bond acceptors (Lipinski definition) is 11. The molecule has 1 fully saturated rings. The van der Waals surface area contributed by atoms with E-state index in [1.807, 2.05) is 13.8 Å². The van der Waals surface area contributed by atoms with Gasteiger partial charge in [0.2, 0.25) is 10.0 Å². The summed E-state index contributed by atoms with van der Waals surface area (Å²) >= 11 is 0. The number of carbonyl (C=O) groups excluding carboxylic acids is 2. The number of epoxide rings is 1. The molecule has 2 aliphatic heterocycles. The van der Waals surface area contributed by atoms with Crippen LogP contribution in [0.25, 0.3) is 0 Å². The molecule has 2 heterocycles. The van der Waals surface area contributed by atoms with Crippen LogP contribution in [0, 0.1) is 23.5 Å². The Labute approximate surface area is 304 Å². The minimum Gasteiger partial charge on any atom is -0.457 e. The molecule has 4 N–H and O–H groups in total. The van der Waals surface area contributed by atoms with Crippen LogP contribution in [0.3, 0.4) is 0 Å². The number of aliphatic hydroxyl groups is 3. The van der Waals surface area contributed by atoms with Crippen LogP contribution in [0.4, 0.5) is 8.78 Å². The second-order valence-electron chi connectivity index (χ2n) is 14.2. The second-order valence-corrected chi connectivity index (χ2v) is 15.9. The van der Waals surface area contributed by atoms with Gasteiger partial charge in [0, 0.05) is 25.9 Å². The number of allylic oxidation sites excluding steroid dienone is 2. The van der Waals surface area contributed by atoms with Gasteiger partial charge in [0.25, 0.3) is 0 Å². The fourth-order valence-corrected chi connectivity index (χ4v) is 7.76. The number of benzene rings is 1. The lowest BCUT2D eigenvalue weighted by atomic mass is 9.87. The van der Waals surface area contributed by atoms with Gasteiger partial charge < -0.3 is 34.3 Å². The van der Waals surface area contributed by atoms with Crippen LogP contribution in [0.15, 0.2) is 59.0 Å². The number of nitrogens with one attached hydrogen (secondary N) is 1. The average molecular weight is 758 g/mol. The van der Waals surface area contributed by atoms with Crippen molar-refractivity contribution in [1.29, 1.82) is 0 Å². The zero-order valence-corrected chi connectivity index (χ0v) is 31.7. The highest BCUT2D eigenvalue weighted by Crippen LogP contribution is 2.39. The van der Waals surface area contributed by atoms with Crippen molar-refractivity contribution in [2.45, 2.75) is 133 Å². The Kier molecular flexibility index (Phi) is 14.9. The van der Waals surface area contributed by atoms with Gasteiger partial charge in [-0.25, -0.2) is 21.9 Å². The smallest absolute Gasteiger partial charge is 0.309 e. The summed E-state index contributed by atoms with van der Waals surface area (Å²) in [4.78, 5) is 24.1. The molecule has 12 nitrogen and oxygen atoms in total. The van der Waals surface area contributed by atoms with Crippen molar-refractivity contribution >= 4 is 22.0 Å². The summed E-state index contributed by atoms with van der Waals surface area (Å²) in [6, 6.07) is 0.851. The maximum absolute atomic E-state index is 14.0. The summed E-state index contributed by atoms with van der Waals surface area (Å²) in [7, 11) is -2.94. The number of ether oxygens (including phenoxy) is 4. The number of esters is 2. The normalized spacial score (nSPS) is 31.3. The molecule has 52 heavy (non-hydrogen) atoms. The first-order valence-electron chi connectivity index (χ1n) is 17.3. The third-order valence-electron chi connectivity index (χ3n) is 9.67. The molecular formula is C37H53F2NO11S. The minimum absolute atomic E-state index is 0.0382. The number of methoxy groups -OCH3 is 1. The predicted octanol–water partition coefficient (Wildman–Crippen LogP) is 4.03. The van der Waals surface area contributed by atoms with E-state index in [0.717, 1.165) is 6.07 Å². The van der Waals surface area contributed by atoms with Crippen LogP contribution >= 0.6 is 0 Å². The number of halogens is 2. The maximum Gasteiger partial charge on any atom is 0.309 e. The van der Waals surface area contributed by atoms with Gasteiger partial charge in [-0.15, -0.1) is 0 Å². The van der Waals surface area contributed by atoms with Gasteiger partial charge in [0.1, 0.15) is 23.9 Å². The Hall–Kier alpha value is -3.05. The first-order valence-corrected chi connectivity index (χ1v) is 18.8. The third-order valence-corrected chi connectivity index (χ3v) is 11.1. The van der Waals surface area contributed by atoms with E-state index in [0.29, 0.717) is 24.1 Å². The molecule has 0 amide bonds. The maximum atomic E-state index is 14.0. The number of hydrogen-bond donors (Lipinski definition) is 4. The molecule has 0 saturated carbocycles. The van der Waals surface area contributed by atoms with E-state index in [4.69, 9.17) is 18.9 Å². The molecule has 6 unspecified atom stereocenters. The van der Waals surface area contributed by atoms with Gasteiger partial charge >= 0.3 is 11.9 Å². The number of rotatable bonds is 13. The molecule has 0 radical (unpaired) electrons. The summed E-state index contributed by atoms with van der Waals surface area (Å²) < 4.78 is 79.5. The molecule has 15 heteroatoms. The van der Waals surface area contributed by atoms with E-state index < -0.39 is 92.2 Å². The highest BCUT2D eigenvalue weighted by molar-refractivity contribution is 7.89. The molecule has 1 saturated heterocycles. The van der Waals surface area contributed by atoms with Crippen LogP contribution in [0.1, 0.15) is 74.1 Å². The van der Waals surface area contributed by atoms with Crippen LogP contribution in [0.5, 0.6) is 0 Å². The third kappa shape index (κ3) is 11.5. The van der Waals surface area contributed by atoms with E-state index in [-0.39, 0.29) is 31.3 Å². The lowest BCUT2D eigenvalue weighted by Gasteiger charge is -2.32. The lowest BCUT2D eigenvalue weighted by molar-refractivity contribution is -0.157. The first-order chi connectivity index (χ1) is 24.1. The number of sulfonamides is 1. The molecule has 1 aromatic rings. The van der Waals surface area contributed by atoms with E-state index in [1.54, 1.807) is 33.1 Å². The summed E-state index contributed by atoms with van der Waals surface area (Å²) in [6.45, 7) is 11.3. The molecule has 0 aromatic heterocycles.